The summed E-state index contributed by atoms with van der Waals surface area (Å²) in [6.45, 7) is 3.96. The third kappa shape index (κ3) is 4.93. The number of nitrogens with zero attached hydrogens (tertiary/aromatic N) is 1. The summed E-state index contributed by atoms with van der Waals surface area (Å²) in [7, 11) is 3.97. The zero-order chi connectivity index (χ0) is 8.15. The molecule has 0 saturated carbocycles. The first-order chi connectivity index (χ1) is 4.54. The van der Waals surface area contributed by atoms with E-state index in [0.29, 0.717) is 5.25 Å². The highest BCUT2D eigenvalue weighted by molar-refractivity contribution is 8.76. The van der Waals surface area contributed by atoms with Crippen molar-refractivity contribution in [1.29, 1.82) is 0 Å². The molecular formula is C5H10FNOS2. The molecule has 0 spiro atoms. The summed E-state index contributed by atoms with van der Waals surface area (Å²) in [5.74, 6) is 0. The number of hydrogen-bond donors (Lipinski definition) is 0. The van der Waals surface area contributed by atoms with Crippen LogP contribution in [0.4, 0.5) is 9.18 Å². The van der Waals surface area contributed by atoms with Gasteiger partial charge in [-0.25, -0.2) is 4.79 Å². The Morgan fingerprint density at radius 1 is 1.60 bits per heavy atom. The van der Waals surface area contributed by atoms with Crippen molar-refractivity contribution in [2.45, 2.75) is 19.1 Å². The van der Waals surface area contributed by atoms with Crippen molar-refractivity contribution < 1.29 is 9.18 Å². The van der Waals surface area contributed by atoms with Gasteiger partial charge in [0.05, 0.1) is 0 Å². The second kappa shape index (κ2) is 4.85. The van der Waals surface area contributed by atoms with E-state index in [1.807, 2.05) is 13.8 Å². The third-order valence-electron chi connectivity index (χ3n) is 0.595. The van der Waals surface area contributed by atoms with Crippen LogP contribution in [0.5, 0.6) is 0 Å². The molecule has 5 heteroatoms. The van der Waals surface area contributed by atoms with Crippen LogP contribution in [0.2, 0.25) is 0 Å². The van der Waals surface area contributed by atoms with Gasteiger partial charge >= 0.3 is 6.16 Å². The second-order valence-corrected chi connectivity index (χ2v) is 4.83. The summed E-state index contributed by atoms with van der Waals surface area (Å²) in [6, 6.07) is 0. The van der Waals surface area contributed by atoms with Crippen LogP contribution in [0.25, 0.3) is 0 Å². The fraction of sp³-hybridized carbons (Fsp3) is 0.800. The topological polar surface area (TPSA) is 20.3 Å². The minimum absolute atomic E-state index is 0.395. The third-order valence-corrected chi connectivity index (χ3v) is 3.52. The smallest absolute Gasteiger partial charge is 0.252 e. The van der Waals surface area contributed by atoms with Crippen molar-refractivity contribution in [2.75, 3.05) is 7.05 Å². The Morgan fingerprint density at radius 3 is 2.40 bits per heavy atom. The Balaban J connectivity index is 3.40. The first kappa shape index (κ1) is 10.1. The Labute approximate surface area is 68.1 Å². The van der Waals surface area contributed by atoms with Crippen LogP contribution in [0.15, 0.2) is 0 Å². The second-order valence-electron chi connectivity index (χ2n) is 1.97. The van der Waals surface area contributed by atoms with E-state index < -0.39 is 6.16 Å². The van der Waals surface area contributed by atoms with Crippen molar-refractivity contribution in [3.63, 3.8) is 0 Å². The number of carbonyl (C=O) groups is 1. The van der Waals surface area contributed by atoms with Gasteiger partial charge in [-0.05, 0) is 0 Å². The monoisotopic (exact) mass is 183 g/mol. The number of rotatable bonds is 3. The first-order valence-electron chi connectivity index (χ1n) is 2.80. The van der Waals surface area contributed by atoms with E-state index in [0.717, 1.165) is 15.3 Å². The molecule has 0 aliphatic carbocycles. The highest BCUT2D eigenvalue weighted by atomic mass is 33.1. The van der Waals surface area contributed by atoms with E-state index in [1.165, 1.54) is 17.8 Å². The van der Waals surface area contributed by atoms with Crippen molar-refractivity contribution in [1.82, 2.24) is 4.31 Å². The molecule has 0 aromatic carbocycles. The van der Waals surface area contributed by atoms with Crippen molar-refractivity contribution >= 4 is 27.9 Å². The summed E-state index contributed by atoms with van der Waals surface area (Å²) in [5.41, 5.74) is 0. The standard InChI is InChI=1S/C5H10FNOS2/c1-4(2)9-10-7(3)5(6)8/h4H,1-3H3. The molecule has 1 amide bonds. The number of halogens is 1. The maximum atomic E-state index is 11.8. The summed E-state index contributed by atoms with van der Waals surface area (Å²) in [4.78, 5) is 9.98. The van der Waals surface area contributed by atoms with E-state index in [9.17, 15) is 9.18 Å². The Kier molecular flexibility index (Phi) is 4.89. The quantitative estimate of drug-likeness (QED) is 0.290. The molecule has 0 aliphatic rings. The molecule has 0 atom stereocenters. The number of hydrogen-bond acceptors (Lipinski definition) is 3. The molecule has 0 unspecified atom stereocenters. The highest BCUT2D eigenvalue weighted by Gasteiger charge is 2.07. The van der Waals surface area contributed by atoms with Gasteiger partial charge < -0.3 is 0 Å². The molecule has 0 aromatic heterocycles. The molecule has 60 valence electrons. The summed E-state index contributed by atoms with van der Waals surface area (Å²) >= 11 is 0. The Morgan fingerprint density at radius 2 is 2.10 bits per heavy atom. The van der Waals surface area contributed by atoms with Crippen molar-refractivity contribution in [2.24, 2.45) is 0 Å². The molecule has 0 radical (unpaired) electrons. The average Bonchev–Trinajstić information content (AvgIpc) is 1.82. The van der Waals surface area contributed by atoms with E-state index in [1.54, 1.807) is 0 Å². The molecule has 0 saturated heterocycles. The summed E-state index contributed by atoms with van der Waals surface area (Å²) < 4.78 is 12.8. The molecular weight excluding hydrogens is 173 g/mol. The minimum atomic E-state index is -1.40. The fourth-order valence-electron chi connectivity index (χ4n) is 0.180. The Hall–Kier alpha value is 0.1000. The van der Waals surface area contributed by atoms with Gasteiger partial charge in [-0.1, -0.05) is 24.6 Å². The summed E-state index contributed by atoms with van der Waals surface area (Å²) in [5, 5.41) is 0.395. The number of carbonyl (C=O) groups excluding carboxylic acids is 1. The molecule has 2 nitrogen and oxygen atoms in total. The Bertz CT molecular complexity index is 120. The maximum absolute atomic E-state index is 11.8. The average molecular weight is 183 g/mol. The summed E-state index contributed by atoms with van der Waals surface area (Å²) in [6.07, 6.45) is -1.40. The first-order valence-corrected chi connectivity index (χ1v) is 4.97. The van der Waals surface area contributed by atoms with E-state index in [2.05, 4.69) is 0 Å². The van der Waals surface area contributed by atoms with Crippen LogP contribution in [0.1, 0.15) is 13.8 Å². The van der Waals surface area contributed by atoms with Crippen LogP contribution in [-0.2, 0) is 0 Å². The number of amides is 1. The van der Waals surface area contributed by atoms with Gasteiger partial charge in [0.1, 0.15) is 0 Å². The lowest BCUT2D eigenvalue weighted by Crippen LogP contribution is -2.11. The SMILES string of the molecule is CC(C)SSN(C)C(=O)F. The lowest BCUT2D eigenvalue weighted by molar-refractivity contribution is 0.210. The predicted octanol–water partition coefficient (Wildman–Crippen LogP) is 2.71. The molecule has 0 fully saturated rings. The predicted molar refractivity (Wildman–Crippen MR) is 44.6 cm³/mol. The van der Waals surface area contributed by atoms with Gasteiger partial charge in [-0.15, -0.1) is 4.39 Å². The zero-order valence-electron chi connectivity index (χ0n) is 6.13. The van der Waals surface area contributed by atoms with Crippen LogP contribution in [0, 0.1) is 0 Å². The van der Waals surface area contributed by atoms with Crippen LogP contribution >= 0.6 is 21.8 Å². The van der Waals surface area contributed by atoms with Crippen molar-refractivity contribution in [3.8, 4) is 0 Å². The normalized spacial score (nSPS) is 10.1. The minimum Gasteiger partial charge on any atom is -0.252 e. The van der Waals surface area contributed by atoms with Gasteiger partial charge in [0.2, 0.25) is 0 Å². The van der Waals surface area contributed by atoms with Gasteiger partial charge in [-0.3, -0.25) is 4.31 Å². The van der Waals surface area contributed by atoms with Crippen LogP contribution < -0.4 is 0 Å². The lowest BCUT2D eigenvalue weighted by Gasteiger charge is -2.10. The van der Waals surface area contributed by atoms with Gasteiger partial charge in [0.15, 0.2) is 0 Å². The molecule has 0 rings (SSSR count). The van der Waals surface area contributed by atoms with Crippen LogP contribution in [-0.4, -0.2) is 22.8 Å². The molecule has 0 heterocycles. The van der Waals surface area contributed by atoms with Crippen LogP contribution in [0.3, 0.4) is 0 Å². The molecule has 0 aromatic rings. The van der Waals surface area contributed by atoms with Gasteiger partial charge in [0.25, 0.3) is 0 Å². The molecule has 0 N–H and O–H groups in total. The lowest BCUT2D eigenvalue weighted by atomic mass is 10.6. The fourth-order valence-corrected chi connectivity index (χ4v) is 1.62. The zero-order valence-corrected chi connectivity index (χ0v) is 7.76. The van der Waals surface area contributed by atoms with Gasteiger partial charge in [0, 0.05) is 23.3 Å². The largest absolute Gasteiger partial charge is 0.410 e. The van der Waals surface area contributed by atoms with E-state index in [4.69, 9.17) is 0 Å². The highest BCUT2D eigenvalue weighted by Crippen LogP contribution is 2.28. The van der Waals surface area contributed by atoms with Crippen molar-refractivity contribution in [3.05, 3.63) is 0 Å². The van der Waals surface area contributed by atoms with E-state index >= 15 is 0 Å². The van der Waals surface area contributed by atoms with Gasteiger partial charge in [-0.2, -0.15) is 0 Å². The maximum Gasteiger partial charge on any atom is 0.410 e. The van der Waals surface area contributed by atoms with E-state index in [-0.39, 0.29) is 0 Å². The molecule has 0 bridgehead atoms. The molecule has 0 aliphatic heterocycles. The molecule has 10 heavy (non-hydrogen) atoms.